The topological polar surface area (TPSA) is 84.5 Å². The predicted molar refractivity (Wildman–Crippen MR) is 116 cm³/mol. The lowest BCUT2D eigenvalue weighted by molar-refractivity contribution is 0.102. The van der Waals surface area contributed by atoms with Gasteiger partial charge >= 0.3 is 0 Å². The molecule has 0 spiro atoms. The molecule has 0 saturated carbocycles. The van der Waals surface area contributed by atoms with Gasteiger partial charge < -0.3 is 10.1 Å². The molecule has 0 atom stereocenters. The smallest absolute Gasteiger partial charge is 0.255 e. The van der Waals surface area contributed by atoms with Crippen LogP contribution in [-0.2, 0) is 16.4 Å². The summed E-state index contributed by atoms with van der Waals surface area (Å²) < 4.78 is 33.3. The van der Waals surface area contributed by atoms with E-state index in [0.29, 0.717) is 12.3 Å². The van der Waals surface area contributed by atoms with Crippen LogP contribution in [0.1, 0.15) is 56.5 Å². The minimum atomic E-state index is -3.81. The summed E-state index contributed by atoms with van der Waals surface area (Å²) in [4.78, 5) is 12.6. The van der Waals surface area contributed by atoms with E-state index in [-0.39, 0.29) is 28.2 Å². The van der Waals surface area contributed by atoms with E-state index in [1.807, 2.05) is 24.3 Å². The van der Waals surface area contributed by atoms with Gasteiger partial charge in [0.25, 0.3) is 5.91 Å². The van der Waals surface area contributed by atoms with E-state index in [1.54, 1.807) is 26.8 Å². The molecule has 0 unspecified atom stereocenters. The van der Waals surface area contributed by atoms with E-state index in [4.69, 9.17) is 4.74 Å². The number of anilines is 1. The number of aryl methyl sites for hydroxylation is 1. The Morgan fingerprint density at radius 3 is 2.34 bits per heavy atom. The molecule has 2 aromatic rings. The number of hydrogen-bond donors (Lipinski definition) is 2. The second-order valence-electron chi connectivity index (χ2n) is 7.13. The Morgan fingerprint density at radius 2 is 1.76 bits per heavy atom. The lowest BCUT2D eigenvalue weighted by atomic mass is 10.1. The molecule has 2 N–H and O–H groups in total. The third kappa shape index (κ3) is 6.58. The highest BCUT2D eigenvalue weighted by atomic mass is 32.2. The normalized spacial score (nSPS) is 11.5. The summed E-state index contributed by atoms with van der Waals surface area (Å²) in [5, 5.41) is 2.82. The standard InChI is InChI=1S/C22H30N2O4S/c1-5-7-8-17-9-12-19(13-10-17)23-22(25)18-11-14-20(28-6-2)21(15-18)29(26,27)24-16(3)4/h9-16,24H,5-8H2,1-4H3,(H,23,25). The number of benzene rings is 2. The van der Waals surface area contributed by atoms with Crippen LogP contribution in [0.4, 0.5) is 5.69 Å². The van der Waals surface area contributed by atoms with E-state index in [9.17, 15) is 13.2 Å². The molecule has 0 radical (unpaired) electrons. The van der Waals surface area contributed by atoms with Crippen molar-refractivity contribution in [1.82, 2.24) is 4.72 Å². The van der Waals surface area contributed by atoms with Crippen molar-refractivity contribution in [3.05, 3.63) is 53.6 Å². The van der Waals surface area contributed by atoms with Crippen LogP contribution in [0.25, 0.3) is 0 Å². The Hall–Kier alpha value is -2.38. The molecule has 0 heterocycles. The minimum Gasteiger partial charge on any atom is -0.492 e. The average molecular weight is 419 g/mol. The molecule has 0 saturated heterocycles. The van der Waals surface area contributed by atoms with Gasteiger partial charge in [-0.05, 0) is 69.5 Å². The zero-order valence-corrected chi connectivity index (χ0v) is 18.3. The number of carbonyl (C=O) groups is 1. The molecule has 0 aliphatic rings. The van der Waals surface area contributed by atoms with Gasteiger partial charge in [0.15, 0.2) is 0 Å². The maximum Gasteiger partial charge on any atom is 0.255 e. The van der Waals surface area contributed by atoms with Crippen LogP contribution in [0.15, 0.2) is 47.4 Å². The van der Waals surface area contributed by atoms with Crippen LogP contribution in [0.3, 0.4) is 0 Å². The summed E-state index contributed by atoms with van der Waals surface area (Å²) in [6.45, 7) is 7.71. The Labute approximate surface area is 173 Å². The zero-order chi connectivity index (χ0) is 21.4. The fourth-order valence-corrected chi connectivity index (χ4v) is 4.27. The van der Waals surface area contributed by atoms with Crippen molar-refractivity contribution in [3.63, 3.8) is 0 Å². The van der Waals surface area contributed by atoms with E-state index in [2.05, 4.69) is 17.0 Å². The molecule has 0 aliphatic carbocycles. The number of nitrogens with one attached hydrogen (secondary N) is 2. The summed E-state index contributed by atoms with van der Waals surface area (Å²) in [6.07, 6.45) is 3.26. The van der Waals surface area contributed by atoms with Gasteiger partial charge in [-0.2, -0.15) is 0 Å². The largest absolute Gasteiger partial charge is 0.492 e. The minimum absolute atomic E-state index is 0.0457. The quantitative estimate of drug-likeness (QED) is 0.600. The van der Waals surface area contributed by atoms with Gasteiger partial charge in [-0.25, -0.2) is 13.1 Å². The van der Waals surface area contributed by atoms with Crippen molar-refractivity contribution in [1.29, 1.82) is 0 Å². The highest BCUT2D eigenvalue weighted by Gasteiger charge is 2.22. The summed E-state index contributed by atoms with van der Waals surface area (Å²) in [5.74, 6) is -0.159. The molecule has 158 valence electrons. The number of amides is 1. The second-order valence-corrected chi connectivity index (χ2v) is 8.81. The van der Waals surface area contributed by atoms with Crippen molar-refractivity contribution in [3.8, 4) is 5.75 Å². The monoisotopic (exact) mass is 418 g/mol. The molecule has 6 nitrogen and oxygen atoms in total. The first-order valence-electron chi connectivity index (χ1n) is 9.96. The van der Waals surface area contributed by atoms with Crippen LogP contribution < -0.4 is 14.8 Å². The third-order valence-corrected chi connectivity index (χ3v) is 5.90. The van der Waals surface area contributed by atoms with Crippen molar-refractivity contribution in [2.24, 2.45) is 0 Å². The maximum atomic E-state index is 12.7. The predicted octanol–water partition coefficient (Wildman–Crippen LogP) is 4.37. The molecular formula is C22H30N2O4S. The molecule has 2 aromatic carbocycles. The van der Waals surface area contributed by atoms with Crippen molar-refractivity contribution >= 4 is 21.6 Å². The second kappa shape index (κ2) is 10.4. The van der Waals surface area contributed by atoms with Crippen molar-refractivity contribution in [2.45, 2.75) is 57.9 Å². The van der Waals surface area contributed by atoms with Gasteiger partial charge in [-0.15, -0.1) is 0 Å². The summed E-state index contributed by atoms with van der Waals surface area (Å²) in [6, 6.07) is 11.8. The van der Waals surface area contributed by atoms with E-state index in [0.717, 1.165) is 19.3 Å². The molecule has 0 aromatic heterocycles. The summed E-state index contributed by atoms with van der Waals surface area (Å²) in [5.41, 5.74) is 2.13. The van der Waals surface area contributed by atoms with Gasteiger partial charge in [-0.1, -0.05) is 25.5 Å². The van der Waals surface area contributed by atoms with Crippen LogP contribution >= 0.6 is 0 Å². The first kappa shape index (κ1) is 22.9. The zero-order valence-electron chi connectivity index (χ0n) is 17.5. The number of unbranched alkanes of at least 4 members (excludes halogenated alkanes) is 1. The average Bonchev–Trinajstić information content (AvgIpc) is 2.67. The molecule has 7 heteroatoms. The Morgan fingerprint density at radius 1 is 1.07 bits per heavy atom. The van der Waals surface area contributed by atoms with Crippen LogP contribution in [0.2, 0.25) is 0 Å². The molecule has 1 amide bonds. The van der Waals surface area contributed by atoms with Crippen LogP contribution in [-0.4, -0.2) is 27.0 Å². The van der Waals surface area contributed by atoms with E-state index < -0.39 is 10.0 Å². The van der Waals surface area contributed by atoms with Gasteiger partial charge in [0, 0.05) is 17.3 Å². The maximum absolute atomic E-state index is 12.7. The fourth-order valence-electron chi connectivity index (χ4n) is 2.85. The molecule has 0 aliphatic heterocycles. The number of hydrogen-bond acceptors (Lipinski definition) is 4. The van der Waals surface area contributed by atoms with Gasteiger partial charge in [0.05, 0.1) is 6.61 Å². The van der Waals surface area contributed by atoms with Crippen molar-refractivity contribution in [2.75, 3.05) is 11.9 Å². The van der Waals surface area contributed by atoms with E-state index >= 15 is 0 Å². The van der Waals surface area contributed by atoms with Gasteiger partial charge in [0.2, 0.25) is 10.0 Å². The first-order chi connectivity index (χ1) is 13.8. The number of carbonyl (C=O) groups excluding carboxylic acids is 1. The fraction of sp³-hybridized carbons (Fsp3) is 0.409. The SMILES string of the molecule is CCCCc1ccc(NC(=O)c2ccc(OCC)c(S(=O)(=O)NC(C)C)c2)cc1. The number of ether oxygens (including phenoxy) is 1. The van der Waals surface area contributed by atoms with Gasteiger partial charge in [-0.3, -0.25) is 4.79 Å². The van der Waals surface area contributed by atoms with Crippen molar-refractivity contribution < 1.29 is 17.9 Å². The lowest BCUT2D eigenvalue weighted by Crippen LogP contribution is -2.30. The van der Waals surface area contributed by atoms with Crippen LogP contribution in [0.5, 0.6) is 5.75 Å². The van der Waals surface area contributed by atoms with Crippen LogP contribution in [0, 0.1) is 0 Å². The number of sulfonamides is 1. The molecule has 2 rings (SSSR count). The molecular weight excluding hydrogens is 388 g/mol. The molecule has 0 bridgehead atoms. The molecule has 0 fully saturated rings. The highest BCUT2D eigenvalue weighted by molar-refractivity contribution is 7.89. The summed E-state index contributed by atoms with van der Waals surface area (Å²) in [7, 11) is -3.81. The van der Waals surface area contributed by atoms with Gasteiger partial charge in [0.1, 0.15) is 10.6 Å². The third-order valence-electron chi connectivity index (χ3n) is 4.22. The highest BCUT2D eigenvalue weighted by Crippen LogP contribution is 2.26. The Balaban J connectivity index is 2.25. The Kier molecular flexibility index (Phi) is 8.22. The van der Waals surface area contributed by atoms with E-state index in [1.165, 1.54) is 17.7 Å². The molecule has 29 heavy (non-hydrogen) atoms. The Bertz CT molecular complexity index is 922. The number of rotatable bonds is 10. The lowest BCUT2D eigenvalue weighted by Gasteiger charge is -2.15. The summed E-state index contributed by atoms with van der Waals surface area (Å²) >= 11 is 0. The first-order valence-corrected chi connectivity index (χ1v) is 11.4.